The molecular formula is C17H20O4. The fraction of sp³-hybridized carbons (Fsp3) is 0.471. The van der Waals surface area contributed by atoms with E-state index in [9.17, 15) is 4.79 Å². The molecule has 4 heteroatoms. The van der Waals surface area contributed by atoms with Crippen LogP contribution in [0.3, 0.4) is 0 Å². The number of ketones is 1. The third-order valence-corrected chi connectivity index (χ3v) is 4.33. The maximum atomic E-state index is 12.3. The van der Waals surface area contributed by atoms with E-state index in [1.165, 1.54) is 6.42 Å². The molecule has 2 fully saturated rings. The van der Waals surface area contributed by atoms with E-state index in [-0.39, 0.29) is 11.9 Å². The largest absolute Gasteiger partial charge is 0.493 e. The Hall–Kier alpha value is -1.81. The van der Waals surface area contributed by atoms with E-state index in [1.807, 2.05) is 24.3 Å². The van der Waals surface area contributed by atoms with Crippen molar-refractivity contribution in [3.8, 4) is 11.5 Å². The summed E-state index contributed by atoms with van der Waals surface area (Å²) in [5.41, 5.74) is 0.399. The van der Waals surface area contributed by atoms with Crippen LogP contribution in [0, 0.1) is 0 Å². The van der Waals surface area contributed by atoms with Crippen molar-refractivity contribution >= 4 is 11.9 Å². The molecule has 21 heavy (non-hydrogen) atoms. The summed E-state index contributed by atoms with van der Waals surface area (Å²) in [6.45, 7) is 0. The summed E-state index contributed by atoms with van der Waals surface area (Å²) >= 11 is 0. The van der Waals surface area contributed by atoms with Crippen LogP contribution in [0.5, 0.6) is 11.5 Å². The number of hydrogen-bond donors (Lipinski definition) is 0. The van der Waals surface area contributed by atoms with Crippen LogP contribution in [-0.4, -0.2) is 31.7 Å². The Kier molecular flexibility index (Phi) is 3.72. The van der Waals surface area contributed by atoms with E-state index in [0.717, 1.165) is 24.8 Å². The zero-order chi connectivity index (χ0) is 14.9. The minimum atomic E-state index is -0.509. The Morgan fingerprint density at radius 2 is 2.10 bits per heavy atom. The lowest BCUT2D eigenvalue weighted by Crippen LogP contribution is -2.28. The van der Waals surface area contributed by atoms with Crippen LogP contribution >= 0.6 is 0 Å². The molecule has 0 N–H and O–H groups in total. The van der Waals surface area contributed by atoms with Gasteiger partial charge in [-0.2, -0.15) is 0 Å². The van der Waals surface area contributed by atoms with Crippen molar-refractivity contribution < 1.29 is 19.0 Å². The number of carbonyl (C=O) groups excluding carboxylic acids is 1. The van der Waals surface area contributed by atoms with Gasteiger partial charge in [-0.05, 0) is 43.0 Å². The van der Waals surface area contributed by atoms with Crippen LogP contribution in [0.4, 0.5) is 0 Å². The van der Waals surface area contributed by atoms with Crippen LogP contribution in [0.1, 0.15) is 31.2 Å². The maximum Gasteiger partial charge on any atom is 0.190 e. The molecular weight excluding hydrogens is 268 g/mol. The first kappa shape index (κ1) is 14.1. The normalized spacial score (nSPS) is 27.2. The molecule has 3 rings (SSSR count). The molecule has 1 aliphatic carbocycles. The van der Waals surface area contributed by atoms with Crippen molar-refractivity contribution in [2.45, 2.75) is 37.4 Å². The highest BCUT2D eigenvalue weighted by Crippen LogP contribution is 2.48. The van der Waals surface area contributed by atoms with Gasteiger partial charge < -0.3 is 14.2 Å². The lowest BCUT2D eigenvalue weighted by atomic mass is 9.86. The van der Waals surface area contributed by atoms with Crippen molar-refractivity contribution in [1.29, 1.82) is 0 Å². The summed E-state index contributed by atoms with van der Waals surface area (Å²) in [6, 6.07) is 5.58. The van der Waals surface area contributed by atoms with Crippen LogP contribution in [-0.2, 0) is 9.53 Å². The lowest BCUT2D eigenvalue weighted by Gasteiger charge is -2.13. The third kappa shape index (κ3) is 2.56. The predicted molar refractivity (Wildman–Crippen MR) is 79.7 cm³/mol. The Morgan fingerprint density at radius 3 is 2.81 bits per heavy atom. The van der Waals surface area contributed by atoms with E-state index in [2.05, 4.69) is 0 Å². The number of epoxide rings is 1. The number of fused-ring (bicyclic) bond motifs is 1. The van der Waals surface area contributed by atoms with Crippen molar-refractivity contribution in [2.24, 2.45) is 0 Å². The van der Waals surface area contributed by atoms with Crippen LogP contribution in [0.25, 0.3) is 6.08 Å². The Labute approximate surface area is 124 Å². The topological polar surface area (TPSA) is 48.1 Å². The van der Waals surface area contributed by atoms with Crippen LogP contribution in [0.2, 0.25) is 0 Å². The van der Waals surface area contributed by atoms with Crippen molar-refractivity contribution in [3.05, 3.63) is 29.8 Å². The van der Waals surface area contributed by atoms with E-state index >= 15 is 0 Å². The smallest absolute Gasteiger partial charge is 0.190 e. The van der Waals surface area contributed by atoms with E-state index in [1.54, 1.807) is 20.3 Å². The number of benzene rings is 1. The SMILES string of the molecule is COc1ccc(/C=C/C(=O)[C@@]23CCCC[C@@H]2O3)cc1OC. The molecule has 0 spiro atoms. The summed E-state index contributed by atoms with van der Waals surface area (Å²) in [5.74, 6) is 1.42. The number of ether oxygens (including phenoxy) is 3. The zero-order valence-electron chi connectivity index (χ0n) is 12.4. The number of methoxy groups -OCH3 is 2. The first-order valence-corrected chi connectivity index (χ1v) is 7.32. The predicted octanol–water partition coefficient (Wildman–Crippen LogP) is 3.00. The summed E-state index contributed by atoms with van der Waals surface area (Å²) in [4.78, 5) is 12.3. The molecule has 0 aromatic heterocycles. The molecule has 0 bridgehead atoms. The molecule has 1 aliphatic heterocycles. The van der Waals surface area contributed by atoms with Gasteiger partial charge in [0.05, 0.1) is 20.3 Å². The summed E-state index contributed by atoms with van der Waals surface area (Å²) in [7, 11) is 3.20. The third-order valence-electron chi connectivity index (χ3n) is 4.33. The highest BCUT2D eigenvalue weighted by molar-refractivity contribution is 6.02. The summed E-state index contributed by atoms with van der Waals surface area (Å²) in [5, 5.41) is 0. The fourth-order valence-corrected chi connectivity index (χ4v) is 3.06. The Balaban J connectivity index is 1.73. The second-order valence-corrected chi connectivity index (χ2v) is 5.55. The summed E-state index contributed by atoms with van der Waals surface area (Å²) < 4.78 is 16.1. The molecule has 1 saturated carbocycles. The summed E-state index contributed by atoms with van der Waals surface area (Å²) in [6.07, 6.45) is 7.70. The van der Waals surface area contributed by atoms with Crippen LogP contribution in [0.15, 0.2) is 24.3 Å². The number of rotatable bonds is 5. The van der Waals surface area contributed by atoms with E-state index in [0.29, 0.717) is 11.5 Å². The molecule has 1 aromatic carbocycles. The highest BCUT2D eigenvalue weighted by Gasteiger charge is 2.61. The molecule has 0 unspecified atom stereocenters. The quantitative estimate of drug-likeness (QED) is 0.617. The van der Waals surface area contributed by atoms with Gasteiger partial charge in [0.15, 0.2) is 22.9 Å². The van der Waals surface area contributed by atoms with Gasteiger partial charge in [0.2, 0.25) is 0 Å². The molecule has 2 atom stereocenters. The van der Waals surface area contributed by atoms with Gasteiger partial charge in [-0.3, -0.25) is 4.79 Å². The molecule has 4 nitrogen and oxygen atoms in total. The van der Waals surface area contributed by atoms with Gasteiger partial charge >= 0.3 is 0 Å². The van der Waals surface area contributed by atoms with Crippen LogP contribution < -0.4 is 9.47 Å². The molecule has 0 radical (unpaired) electrons. The molecule has 1 aromatic rings. The number of carbonyl (C=O) groups is 1. The molecule has 2 aliphatic rings. The van der Waals surface area contributed by atoms with Gasteiger partial charge in [0, 0.05) is 0 Å². The Morgan fingerprint density at radius 1 is 1.29 bits per heavy atom. The van der Waals surface area contributed by atoms with Gasteiger partial charge in [-0.1, -0.05) is 18.6 Å². The monoisotopic (exact) mass is 288 g/mol. The van der Waals surface area contributed by atoms with Gasteiger partial charge in [-0.15, -0.1) is 0 Å². The Bertz CT molecular complexity index is 578. The van der Waals surface area contributed by atoms with E-state index in [4.69, 9.17) is 14.2 Å². The van der Waals surface area contributed by atoms with Gasteiger partial charge in [0.1, 0.15) is 0 Å². The van der Waals surface area contributed by atoms with Crippen molar-refractivity contribution in [1.82, 2.24) is 0 Å². The second-order valence-electron chi connectivity index (χ2n) is 5.55. The average Bonchev–Trinajstić information content (AvgIpc) is 3.28. The van der Waals surface area contributed by atoms with E-state index < -0.39 is 5.60 Å². The molecule has 0 amide bonds. The molecule has 1 heterocycles. The van der Waals surface area contributed by atoms with Crippen molar-refractivity contribution in [3.63, 3.8) is 0 Å². The average molecular weight is 288 g/mol. The zero-order valence-corrected chi connectivity index (χ0v) is 12.4. The lowest BCUT2D eigenvalue weighted by molar-refractivity contribution is -0.119. The molecule has 1 saturated heterocycles. The van der Waals surface area contributed by atoms with Gasteiger partial charge in [0.25, 0.3) is 0 Å². The standard InChI is InChI=1S/C17H20O4/c1-19-13-8-6-12(11-14(13)20-2)7-9-15(18)17-10-4-3-5-16(17)21-17/h6-9,11,16H,3-5,10H2,1-2H3/b9-7+/t16-,17-/m0/s1. The van der Waals surface area contributed by atoms with Crippen molar-refractivity contribution in [2.75, 3.05) is 14.2 Å². The minimum absolute atomic E-state index is 0.0852. The minimum Gasteiger partial charge on any atom is -0.493 e. The first-order valence-electron chi connectivity index (χ1n) is 7.32. The first-order chi connectivity index (χ1) is 10.2. The fourth-order valence-electron chi connectivity index (χ4n) is 3.06. The highest BCUT2D eigenvalue weighted by atomic mass is 16.6. The van der Waals surface area contributed by atoms with Gasteiger partial charge in [-0.25, -0.2) is 0 Å². The maximum absolute atomic E-state index is 12.3. The molecule has 112 valence electrons. The number of hydrogen-bond acceptors (Lipinski definition) is 4. The second kappa shape index (κ2) is 5.53.